The van der Waals surface area contributed by atoms with Crippen LogP contribution < -0.4 is 9.46 Å². The van der Waals surface area contributed by atoms with E-state index in [9.17, 15) is 8.42 Å². The van der Waals surface area contributed by atoms with Gasteiger partial charge in [0, 0.05) is 5.02 Å². The monoisotopic (exact) mass is 439 g/mol. The number of sulfonamides is 1. The molecule has 0 aliphatic carbocycles. The van der Waals surface area contributed by atoms with Crippen LogP contribution in [0.5, 0.6) is 5.88 Å². The van der Waals surface area contributed by atoms with E-state index in [0.717, 1.165) is 6.33 Å². The van der Waals surface area contributed by atoms with Crippen molar-refractivity contribution >= 4 is 39.0 Å². The van der Waals surface area contributed by atoms with Gasteiger partial charge < -0.3 is 9.84 Å². The second kappa shape index (κ2) is 8.74. The molecule has 1 aromatic heterocycles. The third-order valence-corrected chi connectivity index (χ3v) is 5.72. The predicted molar refractivity (Wildman–Crippen MR) is 107 cm³/mol. The molecule has 0 bridgehead atoms. The second-order valence-corrected chi connectivity index (χ2v) is 8.01. The summed E-state index contributed by atoms with van der Waals surface area (Å²) in [6, 6.07) is 12.7. The first-order chi connectivity index (χ1) is 13.4. The number of benzene rings is 2. The zero-order valence-electron chi connectivity index (χ0n) is 14.3. The second-order valence-electron chi connectivity index (χ2n) is 5.52. The number of aliphatic hydroxyl groups excluding tert-OH is 1. The Morgan fingerprint density at radius 2 is 1.75 bits per heavy atom. The Labute approximate surface area is 172 Å². The van der Waals surface area contributed by atoms with Crippen molar-refractivity contribution in [3.8, 4) is 17.0 Å². The Hall–Kier alpha value is -2.39. The van der Waals surface area contributed by atoms with Crippen LogP contribution in [-0.4, -0.2) is 36.7 Å². The number of aromatic nitrogens is 2. The van der Waals surface area contributed by atoms with Crippen LogP contribution >= 0.6 is 23.2 Å². The lowest BCUT2D eigenvalue weighted by Gasteiger charge is -2.15. The first kappa shape index (κ1) is 20.3. The molecular weight excluding hydrogens is 425 g/mol. The van der Waals surface area contributed by atoms with Crippen molar-refractivity contribution in [1.29, 1.82) is 0 Å². The molecule has 28 heavy (non-hydrogen) atoms. The van der Waals surface area contributed by atoms with Crippen LogP contribution in [0, 0.1) is 0 Å². The van der Waals surface area contributed by atoms with Gasteiger partial charge in [0.15, 0.2) is 5.82 Å². The normalized spacial score (nSPS) is 11.2. The van der Waals surface area contributed by atoms with Gasteiger partial charge in [-0.15, -0.1) is 0 Å². The molecule has 0 aliphatic rings. The number of anilines is 1. The van der Waals surface area contributed by atoms with Crippen LogP contribution in [0.1, 0.15) is 0 Å². The maximum atomic E-state index is 12.8. The lowest BCUT2D eigenvalue weighted by atomic mass is 10.1. The van der Waals surface area contributed by atoms with Crippen molar-refractivity contribution in [2.75, 3.05) is 17.9 Å². The Balaban J connectivity index is 2.10. The summed E-state index contributed by atoms with van der Waals surface area (Å²) in [5.41, 5.74) is 0.887. The van der Waals surface area contributed by atoms with E-state index in [1.165, 1.54) is 12.1 Å². The van der Waals surface area contributed by atoms with Crippen LogP contribution in [0.4, 0.5) is 5.82 Å². The number of hydrogen-bond donors (Lipinski definition) is 2. The lowest BCUT2D eigenvalue weighted by Crippen LogP contribution is -2.16. The fourth-order valence-electron chi connectivity index (χ4n) is 2.42. The summed E-state index contributed by atoms with van der Waals surface area (Å²) in [5.74, 6) is 0.119. The zero-order chi connectivity index (χ0) is 20.1. The molecule has 0 saturated carbocycles. The van der Waals surface area contributed by atoms with Crippen LogP contribution in [0.25, 0.3) is 11.1 Å². The molecule has 1 heterocycles. The molecule has 0 amide bonds. The Bertz CT molecular complexity index is 1080. The summed E-state index contributed by atoms with van der Waals surface area (Å²) in [6.45, 7) is -0.251. The third kappa shape index (κ3) is 4.53. The predicted octanol–water partition coefficient (Wildman–Crippen LogP) is 3.62. The number of aliphatic hydroxyl groups is 1. The maximum absolute atomic E-state index is 12.8. The Morgan fingerprint density at radius 1 is 1.04 bits per heavy atom. The highest BCUT2D eigenvalue weighted by Gasteiger charge is 2.23. The highest BCUT2D eigenvalue weighted by Crippen LogP contribution is 2.36. The lowest BCUT2D eigenvalue weighted by molar-refractivity contribution is 0.197. The molecule has 0 aliphatic heterocycles. The van der Waals surface area contributed by atoms with Gasteiger partial charge in [0.1, 0.15) is 17.8 Å². The van der Waals surface area contributed by atoms with E-state index < -0.39 is 10.0 Å². The molecule has 7 nitrogen and oxygen atoms in total. The SMILES string of the molecule is O=S(=O)(Nc1ncnc(OCCO)c1-c1ccc(Cl)cc1)c1ccccc1Cl. The number of nitrogens with zero attached hydrogens (tertiary/aromatic N) is 2. The largest absolute Gasteiger partial charge is 0.475 e. The van der Waals surface area contributed by atoms with Gasteiger partial charge in [-0.2, -0.15) is 0 Å². The summed E-state index contributed by atoms with van der Waals surface area (Å²) < 4.78 is 33.6. The molecule has 0 spiro atoms. The summed E-state index contributed by atoms with van der Waals surface area (Å²) in [6.07, 6.45) is 1.16. The average molecular weight is 440 g/mol. The van der Waals surface area contributed by atoms with Crippen LogP contribution in [-0.2, 0) is 10.0 Å². The van der Waals surface area contributed by atoms with E-state index in [2.05, 4.69) is 14.7 Å². The Morgan fingerprint density at radius 3 is 2.43 bits per heavy atom. The summed E-state index contributed by atoms with van der Waals surface area (Å²) in [4.78, 5) is 8.04. The van der Waals surface area contributed by atoms with Crippen LogP contribution in [0.2, 0.25) is 10.0 Å². The first-order valence-electron chi connectivity index (χ1n) is 8.04. The van der Waals surface area contributed by atoms with Gasteiger partial charge in [0.05, 0.1) is 17.2 Å². The zero-order valence-corrected chi connectivity index (χ0v) is 16.7. The molecule has 0 radical (unpaired) electrons. The quantitative estimate of drug-likeness (QED) is 0.582. The number of nitrogens with one attached hydrogen (secondary N) is 1. The van der Waals surface area contributed by atoms with Crippen LogP contribution in [0.3, 0.4) is 0 Å². The topological polar surface area (TPSA) is 101 Å². The fourth-order valence-corrected chi connectivity index (χ4v) is 4.09. The van der Waals surface area contributed by atoms with E-state index in [4.69, 9.17) is 33.0 Å². The highest BCUT2D eigenvalue weighted by molar-refractivity contribution is 7.92. The standard InChI is InChI=1S/C18H15Cl2N3O4S/c19-13-7-5-12(6-8-13)16-17(21-11-22-18(16)27-10-9-24)23-28(25,26)15-4-2-1-3-14(15)20/h1-8,11,24H,9-10H2,(H,21,22,23). The van der Waals surface area contributed by atoms with Gasteiger partial charge >= 0.3 is 0 Å². The van der Waals surface area contributed by atoms with E-state index in [1.54, 1.807) is 36.4 Å². The van der Waals surface area contributed by atoms with E-state index in [-0.39, 0.29) is 34.8 Å². The van der Waals surface area contributed by atoms with Crippen molar-refractivity contribution in [3.05, 3.63) is 64.9 Å². The van der Waals surface area contributed by atoms with Gasteiger partial charge in [0.25, 0.3) is 10.0 Å². The summed E-state index contributed by atoms with van der Waals surface area (Å²) in [7, 11) is -4.02. The molecule has 2 aromatic carbocycles. The number of ether oxygens (including phenoxy) is 1. The molecule has 3 rings (SSSR count). The van der Waals surface area contributed by atoms with Crippen molar-refractivity contribution in [2.24, 2.45) is 0 Å². The molecule has 0 saturated heterocycles. The number of rotatable bonds is 7. The minimum absolute atomic E-state index is 0.00480. The molecule has 0 unspecified atom stereocenters. The number of hydrogen-bond acceptors (Lipinski definition) is 6. The van der Waals surface area contributed by atoms with E-state index in [0.29, 0.717) is 16.1 Å². The van der Waals surface area contributed by atoms with Crippen molar-refractivity contribution in [2.45, 2.75) is 4.90 Å². The minimum atomic E-state index is -4.02. The average Bonchev–Trinajstić information content (AvgIpc) is 2.67. The van der Waals surface area contributed by atoms with Crippen molar-refractivity contribution in [3.63, 3.8) is 0 Å². The van der Waals surface area contributed by atoms with Gasteiger partial charge in [-0.1, -0.05) is 47.5 Å². The molecule has 2 N–H and O–H groups in total. The van der Waals surface area contributed by atoms with Crippen LogP contribution in [0.15, 0.2) is 59.8 Å². The molecule has 0 fully saturated rings. The van der Waals surface area contributed by atoms with E-state index in [1.807, 2.05) is 0 Å². The first-order valence-corrected chi connectivity index (χ1v) is 10.3. The smallest absolute Gasteiger partial charge is 0.264 e. The minimum Gasteiger partial charge on any atom is -0.475 e. The molecule has 3 aromatic rings. The molecule has 10 heteroatoms. The van der Waals surface area contributed by atoms with Gasteiger partial charge in [0.2, 0.25) is 5.88 Å². The number of halogens is 2. The van der Waals surface area contributed by atoms with Crippen molar-refractivity contribution < 1.29 is 18.3 Å². The molecule has 146 valence electrons. The summed E-state index contributed by atoms with van der Waals surface area (Å²) in [5, 5.41) is 9.64. The van der Waals surface area contributed by atoms with Crippen molar-refractivity contribution in [1.82, 2.24) is 9.97 Å². The molecule has 0 atom stereocenters. The van der Waals surface area contributed by atoms with E-state index >= 15 is 0 Å². The van der Waals surface area contributed by atoms with Gasteiger partial charge in [-0.05, 0) is 29.8 Å². The fraction of sp³-hybridized carbons (Fsp3) is 0.111. The Kier molecular flexibility index (Phi) is 6.35. The van der Waals surface area contributed by atoms with Gasteiger partial charge in [-0.3, -0.25) is 4.72 Å². The maximum Gasteiger partial charge on any atom is 0.264 e. The molecular formula is C18H15Cl2N3O4S. The third-order valence-electron chi connectivity index (χ3n) is 3.63. The summed E-state index contributed by atoms with van der Waals surface area (Å²) >= 11 is 12.0. The highest BCUT2D eigenvalue weighted by atomic mass is 35.5. The van der Waals surface area contributed by atoms with Gasteiger partial charge in [-0.25, -0.2) is 18.4 Å².